The van der Waals surface area contributed by atoms with Gasteiger partial charge in [0.2, 0.25) is 0 Å². The third kappa shape index (κ3) is 5.32. The number of anilines is 1. The zero-order valence-electron chi connectivity index (χ0n) is 14.4. The van der Waals surface area contributed by atoms with E-state index in [9.17, 15) is 8.42 Å². The molecule has 1 aromatic rings. The van der Waals surface area contributed by atoms with Crippen LogP contribution < -0.4 is 10.1 Å². The first-order valence-electron chi connectivity index (χ1n) is 7.87. The van der Waals surface area contributed by atoms with Crippen LogP contribution in [0.25, 0.3) is 0 Å². The molecule has 0 radical (unpaired) electrons. The normalized spacial score (nSPS) is 19.2. The highest BCUT2D eigenvalue weighted by Crippen LogP contribution is 2.20. The molecule has 0 unspecified atom stereocenters. The topological polar surface area (TPSA) is 61.9 Å². The summed E-state index contributed by atoms with van der Waals surface area (Å²) in [6.45, 7) is 1.50. The molecule has 2 rings (SSSR count). The first-order chi connectivity index (χ1) is 11.3. The molecule has 0 aliphatic carbocycles. The van der Waals surface area contributed by atoms with Crippen molar-refractivity contribution in [3.63, 3.8) is 0 Å². The van der Waals surface area contributed by atoms with E-state index in [1.54, 1.807) is 7.11 Å². The monoisotopic (exact) mass is 371 g/mol. The van der Waals surface area contributed by atoms with Crippen molar-refractivity contribution in [3.8, 4) is 5.75 Å². The van der Waals surface area contributed by atoms with Crippen molar-refractivity contribution in [2.45, 2.75) is 12.5 Å². The van der Waals surface area contributed by atoms with E-state index >= 15 is 0 Å². The van der Waals surface area contributed by atoms with E-state index in [1.807, 2.05) is 43.3 Å². The molecule has 0 amide bonds. The quantitative estimate of drug-likeness (QED) is 0.759. The van der Waals surface area contributed by atoms with Crippen LogP contribution in [0.2, 0.25) is 0 Å². The maximum Gasteiger partial charge on any atom is 0.173 e. The second-order valence-corrected chi connectivity index (χ2v) is 8.83. The number of nitrogens with zero attached hydrogens (tertiary/aromatic N) is 2. The lowest BCUT2D eigenvalue weighted by atomic mass is 10.2. The van der Waals surface area contributed by atoms with Crippen LogP contribution in [0.4, 0.5) is 5.69 Å². The number of thiocarbonyl (C=S) groups is 1. The highest BCUT2D eigenvalue weighted by atomic mass is 32.2. The van der Waals surface area contributed by atoms with Crippen molar-refractivity contribution in [2.75, 3.05) is 51.1 Å². The fourth-order valence-electron chi connectivity index (χ4n) is 2.65. The summed E-state index contributed by atoms with van der Waals surface area (Å²) < 4.78 is 28.8. The zero-order valence-corrected chi connectivity index (χ0v) is 16.0. The van der Waals surface area contributed by atoms with E-state index in [2.05, 4.69) is 10.2 Å². The van der Waals surface area contributed by atoms with E-state index in [1.165, 1.54) is 0 Å². The molecule has 1 aliphatic rings. The Morgan fingerprint density at radius 2 is 1.96 bits per heavy atom. The second kappa shape index (κ2) is 8.13. The molecule has 8 heteroatoms. The minimum Gasteiger partial charge on any atom is -0.497 e. The second-order valence-electron chi connectivity index (χ2n) is 6.21. The van der Waals surface area contributed by atoms with E-state index in [-0.39, 0.29) is 17.5 Å². The Balaban J connectivity index is 2.08. The molecule has 1 aromatic carbocycles. The molecule has 0 spiro atoms. The number of benzene rings is 1. The Morgan fingerprint density at radius 1 is 1.29 bits per heavy atom. The van der Waals surface area contributed by atoms with Crippen molar-refractivity contribution in [2.24, 2.45) is 0 Å². The van der Waals surface area contributed by atoms with Gasteiger partial charge in [-0.25, -0.2) is 8.42 Å². The van der Waals surface area contributed by atoms with Crippen molar-refractivity contribution in [1.82, 2.24) is 9.80 Å². The third-order valence-electron chi connectivity index (χ3n) is 4.04. The fourth-order valence-corrected chi connectivity index (χ4v) is 4.74. The van der Waals surface area contributed by atoms with Crippen LogP contribution in [-0.4, -0.2) is 75.2 Å². The first-order valence-corrected chi connectivity index (χ1v) is 10.1. The molecule has 24 heavy (non-hydrogen) atoms. The van der Waals surface area contributed by atoms with Crippen LogP contribution in [-0.2, 0) is 9.84 Å². The first kappa shape index (κ1) is 19.0. The molecular weight excluding hydrogens is 346 g/mol. The highest BCUT2D eigenvalue weighted by molar-refractivity contribution is 7.91. The summed E-state index contributed by atoms with van der Waals surface area (Å²) in [6, 6.07) is 7.43. The van der Waals surface area contributed by atoms with Gasteiger partial charge in [-0.15, -0.1) is 0 Å². The molecule has 1 heterocycles. The summed E-state index contributed by atoms with van der Waals surface area (Å²) in [5, 5.41) is 3.77. The smallest absolute Gasteiger partial charge is 0.173 e. The summed E-state index contributed by atoms with van der Waals surface area (Å²) in [4.78, 5) is 4.07. The van der Waals surface area contributed by atoms with Gasteiger partial charge in [-0.3, -0.25) is 0 Å². The Morgan fingerprint density at radius 3 is 2.46 bits per heavy atom. The molecule has 1 aliphatic heterocycles. The van der Waals surface area contributed by atoms with Gasteiger partial charge in [0.15, 0.2) is 14.9 Å². The van der Waals surface area contributed by atoms with Gasteiger partial charge in [-0.1, -0.05) is 0 Å². The minimum atomic E-state index is -2.95. The summed E-state index contributed by atoms with van der Waals surface area (Å²) in [6.07, 6.45) is 0.625. The van der Waals surface area contributed by atoms with Crippen molar-refractivity contribution < 1.29 is 13.2 Å². The average Bonchev–Trinajstić information content (AvgIpc) is 2.88. The minimum absolute atomic E-state index is 0.0619. The molecule has 1 saturated heterocycles. The van der Waals surface area contributed by atoms with Gasteiger partial charge in [0.05, 0.1) is 18.6 Å². The maximum atomic E-state index is 11.8. The Bertz CT molecular complexity index is 660. The average molecular weight is 372 g/mol. The number of ether oxygens (including phenoxy) is 1. The van der Waals surface area contributed by atoms with Crippen LogP contribution in [0.1, 0.15) is 6.42 Å². The summed E-state index contributed by atoms with van der Waals surface area (Å²) in [5.74, 6) is 1.18. The molecule has 0 bridgehead atoms. The van der Waals surface area contributed by atoms with Gasteiger partial charge >= 0.3 is 0 Å². The van der Waals surface area contributed by atoms with Gasteiger partial charge in [0.1, 0.15) is 5.75 Å². The van der Waals surface area contributed by atoms with Gasteiger partial charge in [0.25, 0.3) is 0 Å². The van der Waals surface area contributed by atoms with Crippen molar-refractivity contribution in [3.05, 3.63) is 24.3 Å². The zero-order chi connectivity index (χ0) is 17.7. The van der Waals surface area contributed by atoms with E-state index in [0.29, 0.717) is 18.1 Å². The Kier molecular flexibility index (Phi) is 6.42. The summed E-state index contributed by atoms with van der Waals surface area (Å²) in [7, 11) is 2.65. The van der Waals surface area contributed by atoms with E-state index in [0.717, 1.165) is 18.0 Å². The Hall–Kier alpha value is -1.38. The van der Waals surface area contributed by atoms with Crippen LogP contribution >= 0.6 is 12.2 Å². The van der Waals surface area contributed by atoms with E-state index in [4.69, 9.17) is 17.0 Å². The van der Waals surface area contributed by atoms with Crippen LogP contribution in [0.5, 0.6) is 5.75 Å². The molecule has 6 nitrogen and oxygen atoms in total. The molecule has 1 N–H and O–H groups in total. The maximum absolute atomic E-state index is 11.8. The van der Waals surface area contributed by atoms with E-state index < -0.39 is 9.84 Å². The van der Waals surface area contributed by atoms with Gasteiger partial charge in [-0.2, -0.15) is 0 Å². The predicted octanol–water partition coefficient (Wildman–Crippen LogP) is 1.44. The molecule has 0 saturated carbocycles. The lowest BCUT2D eigenvalue weighted by Gasteiger charge is -2.32. The molecule has 1 atom stereocenters. The fraction of sp³-hybridized carbons (Fsp3) is 0.562. The Labute approximate surface area is 149 Å². The summed E-state index contributed by atoms with van der Waals surface area (Å²) in [5.41, 5.74) is 0.858. The number of sulfone groups is 1. The lowest BCUT2D eigenvalue weighted by molar-refractivity contribution is 0.289. The number of likely N-dealkylation sites (N-methyl/N-ethyl adjacent to an activating group) is 1. The largest absolute Gasteiger partial charge is 0.497 e. The SMILES string of the molecule is COc1ccc(NC(=S)N(CCN(C)C)[C@H]2CCS(=O)(=O)C2)cc1. The molecule has 1 fully saturated rings. The number of hydrogen-bond acceptors (Lipinski definition) is 5. The predicted molar refractivity (Wildman–Crippen MR) is 102 cm³/mol. The van der Waals surface area contributed by atoms with Crippen molar-refractivity contribution in [1.29, 1.82) is 0 Å². The molecule has 0 aromatic heterocycles. The molecular formula is C16H25N3O3S2. The number of methoxy groups -OCH3 is 1. The van der Waals surface area contributed by atoms with Gasteiger partial charge in [0, 0.05) is 24.8 Å². The standard InChI is InChI=1S/C16H25N3O3S2/c1-18(2)9-10-19(14-8-11-24(20,21)12-14)16(23)17-13-4-6-15(22-3)7-5-13/h4-7,14H,8-12H2,1-3H3,(H,17,23)/t14-/m0/s1. The highest BCUT2D eigenvalue weighted by Gasteiger charge is 2.33. The number of rotatable bonds is 6. The number of nitrogens with one attached hydrogen (secondary N) is 1. The molecule has 134 valence electrons. The lowest BCUT2D eigenvalue weighted by Crippen LogP contribution is -2.46. The number of hydrogen-bond donors (Lipinski definition) is 1. The van der Waals surface area contributed by atoms with Crippen molar-refractivity contribution >= 4 is 32.9 Å². The van der Waals surface area contributed by atoms with Gasteiger partial charge < -0.3 is 19.9 Å². The van der Waals surface area contributed by atoms with Crippen LogP contribution in [0.15, 0.2) is 24.3 Å². The van der Waals surface area contributed by atoms with Crippen LogP contribution in [0.3, 0.4) is 0 Å². The van der Waals surface area contributed by atoms with Crippen LogP contribution in [0, 0.1) is 0 Å². The van der Waals surface area contributed by atoms with Gasteiger partial charge in [-0.05, 0) is 57.0 Å². The third-order valence-corrected chi connectivity index (χ3v) is 6.13. The summed E-state index contributed by atoms with van der Waals surface area (Å²) >= 11 is 5.55.